The Hall–Kier alpha value is -3.64. The second kappa shape index (κ2) is 9.17. The van der Waals surface area contributed by atoms with Crippen LogP contribution in [0.3, 0.4) is 0 Å². The van der Waals surface area contributed by atoms with Crippen LogP contribution < -0.4 is 33.0 Å². The molecule has 0 aliphatic rings. The Kier molecular flexibility index (Phi) is 7.27. The van der Waals surface area contributed by atoms with Crippen molar-refractivity contribution in [1.29, 1.82) is 0 Å². The lowest BCUT2D eigenvalue weighted by molar-refractivity contribution is -0.144. The van der Waals surface area contributed by atoms with Gasteiger partial charge in [-0.2, -0.15) is 0 Å². The molecule has 9 N–H and O–H groups in total. The first-order chi connectivity index (χ1) is 12.5. The minimum Gasteiger partial charge on any atom is -0.481 e. The monoisotopic (exact) mass is 385 g/mol. The number of carboxylic acid groups (broad SMARTS) is 3. The number of guanidine groups is 1. The molecule has 1 aromatic rings. The predicted octanol–water partition coefficient (Wildman–Crippen LogP) is -2.46. The summed E-state index contributed by atoms with van der Waals surface area (Å²) in [7, 11) is 0. The van der Waals surface area contributed by atoms with Gasteiger partial charge in [-0.1, -0.05) is 0 Å². The van der Waals surface area contributed by atoms with Crippen molar-refractivity contribution in [1.82, 2.24) is 0 Å². The second-order valence-electron chi connectivity index (χ2n) is 5.53. The molecule has 13 heteroatoms. The lowest BCUT2D eigenvalue weighted by Gasteiger charge is -2.21. The van der Waals surface area contributed by atoms with Crippen molar-refractivity contribution in [2.45, 2.75) is 31.3 Å². The standard InChI is InChI=1S/C14H19N5O8/c15-14(16)17-3-1-2-5(12(24)25)18-8-9(11(23)10(8)22)19-6(13(26)27)4-7(20)21/h5-6,18-19H,1-4H2,(H,20,21)(H,24,25)(H,26,27)(H4,15,16,17)/t5-,6-/m0/s1. The second-order valence-corrected chi connectivity index (χ2v) is 5.53. The molecule has 2 atom stereocenters. The molecule has 0 radical (unpaired) electrons. The van der Waals surface area contributed by atoms with Crippen molar-refractivity contribution in [3.05, 3.63) is 20.4 Å². The summed E-state index contributed by atoms with van der Waals surface area (Å²) in [6.45, 7) is 0.143. The number of carbonyl (C=O) groups is 3. The van der Waals surface area contributed by atoms with E-state index in [2.05, 4.69) is 15.6 Å². The van der Waals surface area contributed by atoms with Gasteiger partial charge in [0.05, 0.1) is 6.42 Å². The summed E-state index contributed by atoms with van der Waals surface area (Å²) >= 11 is 0. The highest BCUT2D eigenvalue weighted by Crippen LogP contribution is 2.19. The summed E-state index contributed by atoms with van der Waals surface area (Å²) in [5, 5.41) is 31.4. The van der Waals surface area contributed by atoms with Crippen LogP contribution in [0.5, 0.6) is 0 Å². The average molecular weight is 385 g/mol. The molecule has 0 saturated carbocycles. The zero-order chi connectivity index (χ0) is 20.7. The third-order valence-corrected chi connectivity index (χ3v) is 3.47. The Morgan fingerprint density at radius 2 is 1.41 bits per heavy atom. The lowest BCUT2D eigenvalue weighted by Crippen LogP contribution is -2.44. The molecule has 0 aromatic heterocycles. The van der Waals surface area contributed by atoms with E-state index in [0.717, 1.165) is 0 Å². The molecule has 0 amide bonds. The van der Waals surface area contributed by atoms with Crippen LogP contribution in [0.1, 0.15) is 19.3 Å². The quantitative estimate of drug-likeness (QED) is 0.0858. The van der Waals surface area contributed by atoms with Crippen LogP contribution in [0.2, 0.25) is 0 Å². The summed E-state index contributed by atoms with van der Waals surface area (Å²) in [5.74, 6) is -4.48. The molecule has 1 aromatic carbocycles. The molecular formula is C14H19N5O8. The van der Waals surface area contributed by atoms with E-state index in [1.807, 2.05) is 0 Å². The summed E-state index contributed by atoms with van der Waals surface area (Å²) in [6.07, 6.45) is -0.604. The van der Waals surface area contributed by atoms with Crippen LogP contribution in [0.15, 0.2) is 14.6 Å². The van der Waals surface area contributed by atoms with E-state index in [9.17, 15) is 29.1 Å². The van der Waals surface area contributed by atoms with Crippen LogP contribution in [0, 0.1) is 0 Å². The number of nitrogens with one attached hydrogen (secondary N) is 2. The van der Waals surface area contributed by atoms with E-state index in [0.29, 0.717) is 0 Å². The molecule has 0 heterocycles. The number of hydrogen-bond acceptors (Lipinski definition) is 8. The Balaban J connectivity index is 2.91. The third kappa shape index (κ3) is 5.98. The van der Waals surface area contributed by atoms with E-state index in [4.69, 9.17) is 21.7 Å². The van der Waals surface area contributed by atoms with Crippen molar-refractivity contribution in [3.8, 4) is 0 Å². The molecule has 0 aliphatic heterocycles. The highest BCUT2D eigenvalue weighted by atomic mass is 16.4. The molecule has 0 saturated heterocycles. The number of aliphatic carboxylic acids is 3. The van der Waals surface area contributed by atoms with Gasteiger partial charge in [0, 0.05) is 6.54 Å². The maximum atomic E-state index is 11.7. The van der Waals surface area contributed by atoms with E-state index in [-0.39, 0.29) is 25.3 Å². The zero-order valence-electron chi connectivity index (χ0n) is 14.0. The molecular weight excluding hydrogens is 366 g/mol. The fraction of sp³-hybridized carbons (Fsp3) is 0.429. The number of rotatable bonds is 12. The van der Waals surface area contributed by atoms with Gasteiger partial charge in [-0.3, -0.25) is 19.4 Å². The van der Waals surface area contributed by atoms with Gasteiger partial charge >= 0.3 is 17.9 Å². The number of anilines is 2. The predicted molar refractivity (Wildman–Crippen MR) is 93.6 cm³/mol. The summed E-state index contributed by atoms with van der Waals surface area (Å²) in [4.78, 5) is 60.1. The van der Waals surface area contributed by atoms with Crippen LogP contribution in [-0.4, -0.2) is 57.8 Å². The smallest absolute Gasteiger partial charge is 0.326 e. The molecule has 13 nitrogen and oxygen atoms in total. The molecule has 148 valence electrons. The van der Waals surface area contributed by atoms with Gasteiger partial charge in [0.15, 0.2) is 5.96 Å². The lowest BCUT2D eigenvalue weighted by atomic mass is 10.1. The highest BCUT2D eigenvalue weighted by Gasteiger charge is 2.30. The van der Waals surface area contributed by atoms with Gasteiger partial charge in [-0.25, -0.2) is 9.59 Å². The van der Waals surface area contributed by atoms with Gasteiger partial charge < -0.3 is 37.4 Å². The van der Waals surface area contributed by atoms with Crippen molar-refractivity contribution in [3.63, 3.8) is 0 Å². The summed E-state index contributed by atoms with van der Waals surface area (Å²) in [6, 6.07) is -2.94. The fourth-order valence-electron chi connectivity index (χ4n) is 2.15. The number of carboxylic acids is 3. The molecule has 1 rings (SSSR count). The number of hydrogen-bond donors (Lipinski definition) is 7. The minimum atomic E-state index is -1.67. The first kappa shape index (κ1) is 21.4. The molecule has 0 aliphatic carbocycles. The first-order valence-corrected chi connectivity index (χ1v) is 7.63. The summed E-state index contributed by atoms with van der Waals surface area (Å²) in [5.41, 5.74) is 7.31. The van der Waals surface area contributed by atoms with E-state index >= 15 is 0 Å². The topological polar surface area (TPSA) is 234 Å². The highest BCUT2D eigenvalue weighted by molar-refractivity contribution is 5.87. The van der Waals surface area contributed by atoms with Crippen molar-refractivity contribution in [2.75, 3.05) is 17.2 Å². The minimum absolute atomic E-state index is 0.00183. The van der Waals surface area contributed by atoms with Crippen molar-refractivity contribution in [2.24, 2.45) is 16.5 Å². The zero-order valence-corrected chi connectivity index (χ0v) is 14.0. The van der Waals surface area contributed by atoms with E-state index in [1.54, 1.807) is 0 Å². The number of aliphatic imine (C=N–C) groups is 1. The molecule has 0 spiro atoms. The molecule has 0 fully saturated rings. The van der Waals surface area contributed by atoms with Gasteiger partial charge in [0.2, 0.25) is 0 Å². The van der Waals surface area contributed by atoms with E-state index < -0.39 is 58.6 Å². The Bertz CT molecular complexity index is 822. The van der Waals surface area contributed by atoms with Crippen LogP contribution >= 0.6 is 0 Å². The molecule has 27 heavy (non-hydrogen) atoms. The molecule has 0 bridgehead atoms. The van der Waals surface area contributed by atoms with Gasteiger partial charge in [0.25, 0.3) is 10.9 Å². The van der Waals surface area contributed by atoms with Gasteiger partial charge in [-0.05, 0) is 12.8 Å². The maximum absolute atomic E-state index is 11.7. The number of nitrogens with zero attached hydrogens (tertiary/aromatic N) is 1. The third-order valence-electron chi connectivity index (χ3n) is 3.47. The van der Waals surface area contributed by atoms with E-state index in [1.165, 1.54) is 0 Å². The van der Waals surface area contributed by atoms with Crippen LogP contribution in [0.25, 0.3) is 0 Å². The van der Waals surface area contributed by atoms with Crippen molar-refractivity contribution >= 4 is 35.2 Å². The van der Waals surface area contributed by atoms with Crippen LogP contribution in [0.4, 0.5) is 11.4 Å². The van der Waals surface area contributed by atoms with Gasteiger partial charge in [-0.15, -0.1) is 0 Å². The Labute approximate surface area is 151 Å². The van der Waals surface area contributed by atoms with Gasteiger partial charge in [0.1, 0.15) is 23.5 Å². The largest absolute Gasteiger partial charge is 0.481 e. The molecule has 0 unspecified atom stereocenters. The van der Waals surface area contributed by atoms with Crippen molar-refractivity contribution < 1.29 is 29.7 Å². The first-order valence-electron chi connectivity index (χ1n) is 7.63. The Morgan fingerprint density at radius 3 is 1.81 bits per heavy atom. The normalized spacial score (nSPS) is 12.7. The maximum Gasteiger partial charge on any atom is 0.326 e. The SMILES string of the molecule is NC(N)=NCCC[C@H](Nc1c(N[C@@H](CC(=O)O)C(=O)O)c(=O)c1=O)C(=O)O. The summed E-state index contributed by atoms with van der Waals surface area (Å²) < 4.78 is 0. The average Bonchev–Trinajstić information content (AvgIpc) is 2.56. The Morgan fingerprint density at radius 1 is 0.926 bits per heavy atom. The number of nitrogens with two attached hydrogens (primary N) is 2. The fourth-order valence-corrected chi connectivity index (χ4v) is 2.15. The van der Waals surface area contributed by atoms with Crippen LogP contribution in [-0.2, 0) is 14.4 Å².